The standard InChI is InChI=1S/C19H16F2N4O3/c1-7-3-4-10(26)8(2)14(7)25-15-11(12(18(25)22)19(23)27)13(17(20)21)24-9-5-6-28-16(9)15/h3-6,17,26H,22H2,1-2H3,(H2,23,27). The van der Waals surface area contributed by atoms with E-state index in [0.29, 0.717) is 16.8 Å². The molecule has 0 aliphatic carbocycles. The predicted octanol–water partition coefficient (Wildman–Crippen LogP) is 3.71. The molecule has 4 aromatic rings. The number of phenols is 1. The molecule has 28 heavy (non-hydrogen) atoms. The Morgan fingerprint density at radius 3 is 2.64 bits per heavy atom. The van der Waals surface area contributed by atoms with Crippen molar-refractivity contribution in [2.75, 3.05) is 5.73 Å². The monoisotopic (exact) mass is 386 g/mol. The third-order valence-corrected chi connectivity index (χ3v) is 4.84. The van der Waals surface area contributed by atoms with Crippen LogP contribution in [0, 0.1) is 13.8 Å². The van der Waals surface area contributed by atoms with Gasteiger partial charge in [-0.15, -0.1) is 0 Å². The number of nitrogens with two attached hydrogens (primary N) is 2. The first kappa shape index (κ1) is 17.8. The van der Waals surface area contributed by atoms with Crippen molar-refractivity contribution in [3.8, 4) is 11.4 Å². The van der Waals surface area contributed by atoms with E-state index < -0.39 is 18.0 Å². The minimum absolute atomic E-state index is 0.0127. The number of anilines is 1. The maximum Gasteiger partial charge on any atom is 0.281 e. The number of benzene rings is 1. The highest BCUT2D eigenvalue weighted by Crippen LogP contribution is 2.42. The fourth-order valence-corrected chi connectivity index (χ4v) is 3.62. The van der Waals surface area contributed by atoms with Crippen molar-refractivity contribution in [2.24, 2.45) is 5.73 Å². The van der Waals surface area contributed by atoms with E-state index in [1.54, 1.807) is 19.9 Å². The number of carbonyl (C=O) groups excluding carboxylic acids is 1. The number of primary amides is 1. The van der Waals surface area contributed by atoms with Gasteiger partial charge < -0.3 is 21.0 Å². The Labute approximate surface area is 157 Å². The maximum atomic E-state index is 13.8. The molecule has 0 fully saturated rings. The van der Waals surface area contributed by atoms with E-state index in [1.165, 1.54) is 23.0 Å². The van der Waals surface area contributed by atoms with Crippen LogP contribution in [0.1, 0.15) is 33.6 Å². The number of hydrogen-bond acceptors (Lipinski definition) is 5. The molecule has 0 unspecified atom stereocenters. The SMILES string of the molecule is Cc1ccc(O)c(C)c1-n1c(N)c(C(N)=O)c2c(C(F)F)nc3ccoc3c21. The van der Waals surface area contributed by atoms with Gasteiger partial charge in [-0.05, 0) is 25.5 Å². The lowest BCUT2D eigenvalue weighted by molar-refractivity contribution is 0.100. The molecular weight excluding hydrogens is 370 g/mol. The lowest BCUT2D eigenvalue weighted by Crippen LogP contribution is -2.14. The Morgan fingerprint density at radius 2 is 2.00 bits per heavy atom. The summed E-state index contributed by atoms with van der Waals surface area (Å²) in [6.45, 7) is 3.42. The second-order valence-corrected chi connectivity index (χ2v) is 6.49. The number of alkyl halides is 2. The molecule has 5 N–H and O–H groups in total. The molecular formula is C19H16F2N4O3. The van der Waals surface area contributed by atoms with E-state index in [2.05, 4.69) is 4.98 Å². The van der Waals surface area contributed by atoms with Gasteiger partial charge in [-0.1, -0.05) is 6.07 Å². The number of pyridine rings is 1. The molecule has 0 atom stereocenters. The van der Waals surface area contributed by atoms with Crippen molar-refractivity contribution in [3.63, 3.8) is 0 Å². The summed E-state index contributed by atoms with van der Waals surface area (Å²) in [6, 6.07) is 4.61. The van der Waals surface area contributed by atoms with Crippen LogP contribution in [0.15, 0.2) is 28.9 Å². The van der Waals surface area contributed by atoms with E-state index in [4.69, 9.17) is 15.9 Å². The number of fused-ring (bicyclic) bond motifs is 3. The molecule has 3 aromatic heterocycles. The number of rotatable bonds is 3. The lowest BCUT2D eigenvalue weighted by atomic mass is 10.1. The van der Waals surface area contributed by atoms with Gasteiger partial charge >= 0.3 is 0 Å². The van der Waals surface area contributed by atoms with Crippen LogP contribution >= 0.6 is 0 Å². The molecule has 9 heteroatoms. The summed E-state index contributed by atoms with van der Waals surface area (Å²) in [5.41, 5.74) is 12.9. The average molecular weight is 386 g/mol. The van der Waals surface area contributed by atoms with Crippen molar-refractivity contribution in [2.45, 2.75) is 20.3 Å². The highest BCUT2D eigenvalue weighted by molar-refractivity contribution is 6.17. The zero-order valence-corrected chi connectivity index (χ0v) is 15.0. The third kappa shape index (κ3) is 2.25. The summed E-state index contributed by atoms with van der Waals surface area (Å²) in [7, 11) is 0. The largest absolute Gasteiger partial charge is 0.508 e. The van der Waals surface area contributed by atoms with Crippen LogP contribution in [0.3, 0.4) is 0 Å². The molecule has 0 saturated heterocycles. The quantitative estimate of drug-likeness (QED) is 0.496. The van der Waals surface area contributed by atoms with Crippen LogP contribution in [0.4, 0.5) is 14.6 Å². The molecule has 7 nitrogen and oxygen atoms in total. The molecule has 3 heterocycles. The predicted molar refractivity (Wildman–Crippen MR) is 99.9 cm³/mol. The zero-order valence-electron chi connectivity index (χ0n) is 15.0. The molecule has 0 saturated carbocycles. The van der Waals surface area contributed by atoms with Gasteiger partial charge in [0, 0.05) is 17.0 Å². The highest BCUT2D eigenvalue weighted by atomic mass is 19.3. The Bertz CT molecular complexity index is 1270. The van der Waals surface area contributed by atoms with Gasteiger partial charge in [-0.25, -0.2) is 13.8 Å². The highest BCUT2D eigenvalue weighted by Gasteiger charge is 2.30. The van der Waals surface area contributed by atoms with Gasteiger partial charge in [0.1, 0.15) is 28.3 Å². The number of aromatic hydroxyl groups is 1. The zero-order chi connectivity index (χ0) is 20.3. The van der Waals surface area contributed by atoms with Crippen LogP contribution in [-0.2, 0) is 0 Å². The van der Waals surface area contributed by atoms with Gasteiger partial charge in [0.2, 0.25) is 0 Å². The summed E-state index contributed by atoms with van der Waals surface area (Å²) in [5, 5.41) is 10.0. The maximum absolute atomic E-state index is 13.8. The van der Waals surface area contributed by atoms with E-state index in [-0.39, 0.29) is 39.1 Å². The number of furan rings is 1. The smallest absolute Gasteiger partial charge is 0.281 e. The normalized spacial score (nSPS) is 11.8. The van der Waals surface area contributed by atoms with Crippen LogP contribution in [0.2, 0.25) is 0 Å². The summed E-state index contributed by atoms with van der Waals surface area (Å²) >= 11 is 0. The second kappa shape index (κ2) is 5.95. The molecule has 4 rings (SSSR count). The van der Waals surface area contributed by atoms with Gasteiger partial charge in [0.25, 0.3) is 12.3 Å². The first-order valence-corrected chi connectivity index (χ1v) is 8.32. The van der Waals surface area contributed by atoms with Crippen LogP contribution in [0.5, 0.6) is 5.75 Å². The molecule has 0 radical (unpaired) electrons. The summed E-state index contributed by atoms with van der Waals surface area (Å²) in [4.78, 5) is 16.1. The number of carbonyl (C=O) groups is 1. The third-order valence-electron chi connectivity index (χ3n) is 4.84. The van der Waals surface area contributed by atoms with Crippen molar-refractivity contribution in [3.05, 3.63) is 46.8 Å². The van der Waals surface area contributed by atoms with Crippen LogP contribution in [-0.4, -0.2) is 20.6 Å². The number of phenolic OH excluding ortho intramolecular Hbond substituents is 1. The Balaban J connectivity index is 2.34. The van der Waals surface area contributed by atoms with E-state index >= 15 is 0 Å². The molecule has 144 valence electrons. The fourth-order valence-electron chi connectivity index (χ4n) is 3.62. The van der Waals surface area contributed by atoms with Crippen LogP contribution < -0.4 is 11.5 Å². The van der Waals surface area contributed by atoms with Crippen molar-refractivity contribution in [1.82, 2.24) is 9.55 Å². The molecule has 0 aliphatic heterocycles. The summed E-state index contributed by atoms with van der Waals surface area (Å²) in [6.07, 6.45) is -1.66. The lowest BCUT2D eigenvalue weighted by Gasteiger charge is -2.16. The number of aryl methyl sites for hydroxylation is 1. The molecule has 0 aliphatic rings. The fraction of sp³-hybridized carbons (Fsp3) is 0.158. The molecule has 0 bridgehead atoms. The van der Waals surface area contributed by atoms with Gasteiger partial charge in [-0.3, -0.25) is 9.36 Å². The Kier molecular flexibility index (Phi) is 3.77. The molecule has 1 aromatic carbocycles. The first-order chi connectivity index (χ1) is 13.2. The average Bonchev–Trinajstić information content (AvgIpc) is 3.20. The number of nitrogens with zero attached hydrogens (tertiary/aromatic N) is 2. The van der Waals surface area contributed by atoms with Gasteiger partial charge in [0.05, 0.1) is 17.5 Å². The van der Waals surface area contributed by atoms with Crippen molar-refractivity contribution >= 4 is 33.7 Å². The number of halogens is 2. The number of aromatic nitrogens is 2. The van der Waals surface area contributed by atoms with Gasteiger partial charge in [0.15, 0.2) is 5.58 Å². The van der Waals surface area contributed by atoms with Crippen LogP contribution in [0.25, 0.3) is 27.7 Å². The number of nitrogen functional groups attached to an aromatic ring is 1. The number of amides is 1. The first-order valence-electron chi connectivity index (χ1n) is 8.32. The molecule has 1 amide bonds. The summed E-state index contributed by atoms with van der Waals surface area (Å²) < 4.78 is 34.5. The van der Waals surface area contributed by atoms with Gasteiger partial charge in [-0.2, -0.15) is 0 Å². The number of hydrogen-bond donors (Lipinski definition) is 3. The second-order valence-electron chi connectivity index (χ2n) is 6.49. The van der Waals surface area contributed by atoms with E-state index in [0.717, 1.165) is 0 Å². The Morgan fingerprint density at radius 1 is 1.29 bits per heavy atom. The minimum Gasteiger partial charge on any atom is -0.508 e. The Hall–Kier alpha value is -3.62. The van der Waals surface area contributed by atoms with Crippen molar-refractivity contribution in [1.29, 1.82) is 0 Å². The van der Waals surface area contributed by atoms with Crippen molar-refractivity contribution < 1.29 is 23.1 Å². The van der Waals surface area contributed by atoms with E-state index in [1.807, 2.05) is 0 Å². The summed E-state index contributed by atoms with van der Waals surface area (Å²) in [5.74, 6) is -1.11. The van der Waals surface area contributed by atoms with E-state index in [9.17, 15) is 18.7 Å². The topological polar surface area (TPSA) is 120 Å². The minimum atomic E-state index is -2.97. The molecule has 0 spiro atoms.